The van der Waals surface area contributed by atoms with Crippen LogP contribution in [-0.2, 0) is 16.1 Å². The third kappa shape index (κ3) is 6.44. The van der Waals surface area contributed by atoms with Gasteiger partial charge < -0.3 is 14.2 Å². The van der Waals surface area contributed by atoms with Crippen molar-refractivity contribution in [2.24, 2.45) is 4.99 Å². The smallest absolute Gasteiger partial charge is 0.338 e. The van der Waals surface area contributed by atoms with Crippen LogP contribution in [0.15, 0.2) is 87.8 Å². The zero-order valence-electron chi connectivity index (χ0n) is 22.5. The third-order valence-electron chi connectivity index (χ3n) is 6.49. The molecule has 0 saturated heterocycles. The van der Waals surface area contributed by atoms with E-state index in [1.54, 1.807) is 25.5 Å². The summed E-state index contributed by atoms with van der Waals surface area (Å²) in [6.45, 7) is 4.15. The minimum Gasteiger partial charge on any atom is -0.497 e. The first-order valence-electron chi connectivity index (χ1n) is 12.8. The van der Waals surface area contributed by atoms with Gasteiger partial charge in [-0.2, -0.15) is 0 Å². The van der Waals surface area contributed by atoms with Crippen molar-refractivity contribution in [3.63, 3.8) is 0 Å². The molecule has 0 unspecified atom stereocenters. The van der Waals surface area contributed by atoms with Crippen LogP contribution in [0.3, 0.4) is 0 Å². The summed E-state index contributed by atoms with van der Waals surface area (Å²) in [6.07, 6.45) is 1.86. The molecule has 1 aliphatic rings. The summed E-state index contributed by atoms with van der Waals surface area (Å²) in [5.41, 5.74) is 3.27. The highest BCUT2D eigenvalue weighted by Crippen LogP contribution is 2.31. The van der Waals surface area contributed by atoms with Crippen molar-refractivity contribution in [2.45, 2.75) is 26.5 Å². The number of hydrogen-bond acceptors (Lipinski definition) is 7. The molecule has 0 amide bonds. The lowest BCUT2D eigenvalue weighted by molar-refractivity contribution is -0.139. The maximum Gasteiger partial charge on any atom is 0.338 e. The predicted octanol–water partition coefficient (Wildman–Crippen LogP) is 5.60. The molecule has 210 valence electrons. The molecule has 0 fully saturated rings. The van der Waals surface area contributed by atoms with E-state index in [-0.39, 0.29) is 12.2 Å². The van der Waals surface area contributed by atoms with E-state index < -0.39 is 12.0 Å². The Morgan fingerprint density at radius 2 is 1.88 bits per heavy atom. The van der Waals surface area contributed by atoms with Crippen molar-refractivity contribution >= 4 is 68.6 Å². The van der Waals surface area contributed by atoms with Gasteiger partial charge in [-0.1, -0.05) is 41.7 Å². The molecule has 3 aromatic carbocycles. The van der Waals surface area contributed by atoms with Crippen LogP contribution in [0.4, 0.5) is 0 Å². The van der Waals surface area contributed by atoms with Gasteiger partial charge in [-0.15, -0.1) is 0 Å². The lowest BCUT2D eigenvalue weighted by Gasteiger charge is -2.24. The van der Waals surface area contributed by atoms with E-state index in [4.69, 9.17) is 14.2 Å². The number of rotatable bonds is 8. The van der Waals surface area contributed by atoms with Gasteiger partial charge in [0.25, 0.3) is 5.56 Å². The molecule has 2 heterocycles. The lowest BCUT2D eigenvalue weighted by atomic mass is 9.96. The molecule has 10 heteroatoms. The second-order valence-corrected chi connectivity index (χ2v) is 12.6. The van der Waals surface area contributed by atoms with E-state index in [2.05, 4.69) is 56.2 Å². The highest BCUT2D eigenvalue weighted by atomic mass is 127. The Hall–Kier alpha value is -2.97. The normalized spacial score (nSPS) is 14.9. The number of hydrogen-bond donors (Lipinski definition) is 0. The van der Waals surface area contributed by atoms with Crippen LogP contribution in [0.1, 0.15) is 36.6 Å². The minimum absolute atomic E-state index is 0.220. The van der Waals surface area contributed by atoms with Crippen LogP contribution in [0.2, 0.25) is 0 Å². The van der Waals surface area contributed by atoms with Crippen LogP contribution >= 0.6 is 56.5 Å². The maximum atomic E-state index is 13.9. The fraction of sp³-hybridized carbons (Fsp3) is 0.194. The summed E-state index contributed by atoms with van der Waals surface area (Å²) in [5, 5.41) is 0. The summed E-state index contributed by atoms with van der Waals surface area (Å²) in [4.78, 5) is 32.1. The van der Waals surface area contributed by atoms with Crippen LogP contribution < -0.4 is 24.4 Å². The number of aromatic nitrogens is 1. The van der Waals surface area contributed by atoms with Gasteiger partial charge in [0.05, 0.1) is 39.1 Å². The highest BCUT2D eigenvalue weighted by Gasteiger charge is 2.33. The summed E-state index contributed by atoms with van der Waals surface area (Å²) in [5.74, 6) is 1.02. The van der Waals surface area contributed by atoms with E-state index in [0.717, 1.165) is 29.6 Å². The average Bonchev–Trinajstić information content (AvgIpc) is 3.26. The van der Waals surface area contributed by atoms with E-state index in [0.29, 0.717) is 33.0 Å². The largest absolute Gasteiger partial charge is 0.497 e. The molecule has 0 bridgehead atoms. The Labute approximate surface area is 268 Å². The molecule has 1 atom stereocenters. The fourth-order valence-electron chi connectivity index (χ4n) is 4.57. The highest BCUT2D eigenvalue weighted by molar-refractivity contribution is 14.1. The maximum absolute atomic E-state index is 13.9. The van der Waals surface area contributed by atoms with Crippen LogP contribution in [0.25, 0.3) is 6.08 Å². The Kier molecular flexibility index (Phi) is 9.29. The number of carbonyl (C=O) groups excluding carboxylic acids is 1. The summed E-state index contributed by atoms with van der Waals surface area (Å²) < 4.78 is 21.1. The van der Waals surface area contributed by atoms with Gasteiger partial charge in [0.1, 0.15) is 18.1 Å². The van der Waals surface area contributed by atoms with Gasteiger partial charge >= 0.3 is 5.97 Å². The molecule has 0 spiro atoms. The van der Waals surface area contributed by atoms with E-state index >= 15 is 0 Å². The Morgan fingerprint density at radius 1 is 1.10 bits per heavy atom. The van der Waals surface area contributed by atoms with Crippen molar-refractivity contribution in [1.29, 1.82) is 0 Å². The number of ether oxygens (including phenoxy) is 3. The van der Waals surface area contributed by atoms with Crippen LogP contribution in [0.5, 0.6) is 11.5 Å². The standard InChI is InChI=1S/C31H26I2N2O5S/c1-4-39-30(37)27-18(2)34-31-35(28(27)21-8-11-23(38-3)12-9-21)29(36)26(41-31)15-19-6-5-7-20(14-19)17-40-25-13-10-22(32)16-24(25)33/h5-16,28H,4,17H2,1-3H3/b26-15-/t28-/m1/s1. The molecule has 7 nitrogen and oxygen atoms in total. The molecule has 0 aliphatic carbocycles. The van der Waals surface area contributed by atoms with Gasteiger partial charge in [0.2, 0.25) is 0 Å². The Bertz CT molecular complexity index is 1830. The number of methoxy groups -OCH3 is 1. The fourth-order valence-corrected chi connectivity index (χ4v) is 7.38. The Morgan fingerprint density at radius 3 is 2.59 bits per heavy atom. The van der Waals surface area contributed by atoms with Gasteiger partial charge in [0, 0.05) is 3.57 Å². The summed E-state index contributed by atoms with van der Waals surface area (Å²) in [6, 6.07) is 20.6. The molecule has 1 aromatic heterocycles. The second-order valence-electron chi connectivity index (χ2n) is 9.18. The van der Waals surface area contributed by atoms with Crippen molar-refractivity contribution in [3.05, 3.63) is 122 Å². The van der Waals surface area contributed by atoms with Gasteiger partial charge in [-0.05, 0) is 118 Å². The second kappa shape index (κ2) is 12.9. The predicted molar refractivity (Wildman–Crippen MR) is 176 cm³/mol. The van der Waals surface area contributed by atoms with Crippen LogP contribution in [0, 0.1) is 7.14 Å². The first-order chi connectivity index (χ1) is 19.8. The number of allylic oxidation sites excluding steroid dienone is 1. The van der Waals surface area contributed by atoms with Crippen LogP contribution in [-0.4, -0.2) is 24.3 Å². The molecule has 0 saturated carbocycles. The number of carbonyl (C=O) groups is 1. The van der Waals surface area contributed by atoms with Crippen molar-refractivity contribution in [1.82, 2.24) is 4.57 Å². The van der Waals surface area contributed by atoms with E-state index in [1.807, 2.05) is 66.7 Å². The van der Waals surface area contributed by atoms with Gasteiger partial charge in [-0.25, -0.2) is 9.79 Å². The molecule has 0 radical (unpaired) electrons. The number of esters is 1. The molecule has 0 N–H and O–H groups in total. The molecule has 5 rings (SSSR count). The number of fused-ring (bicyclic) bond motifs is 1. The number of thiazole rings is 1. The van der Waals surface area contributed by atoms with Crippen molar-refractivity contribution in [3.8, 4) is 11.5 Å². The molecular formula is C31H26I2N2O5S. The first-order valence-corrected chi connectivity index (χ1v) is 15.8. The van der Waals surface area contributed by atoms with E-state index in [9.17, 15) is 9.59 Å². The first kappa shape index (κ1) is 29.5. The topological polar surface area (TPSA) is 79.1 Å². The third-order valence-corrected chi connectivity index (χ3v) is 8.98. The summed E-state index contributed by atoms with van der Waals surface area (Å²) in [7, 11) is 1.59. The SMILES string of the molecule is CCOC(=O)C1=C(C)N=c2s/c(=C\c3cccc(COc4ccc(I)cc4I)c3)c(=O)n2[C@@H]1c1ccc(OC)cc1. The summed E-state index contributed by atoms with van der Waals surface area (Å²) >= 11 is 5.85. The molecular weight excluding hydrogens is 766 g/mol. The minimum atomic E-state index is -0.672. The quantitative estimate of drug-likeness (QED) is 0.172. The average molecular weight is 792 g/mol. The van der Waals surface area contributed by atoms with Crippen molar-refractivity contribution < 1.29 is 19.0 Å². The zero-order valence-corrected chi connectivity index (χ0v) is 27.7. The van der Waals surface area contributed by atoms with E-state index in [1.165, 1.54) is 11.3 Å². The molecule has 1 aliphatic heterocycles. The lowest BCUT2D eigenvalue weighted by Crippen LogP contribution is -2.39. The van der Waals surface area contributed by atoms with Crippen molar-refractivity contribution in [2.75, 3.05) is 13.7 Å². The number of halogens is 2. The Balaban J connectivity index is 1.53. The number of benzene rings is 3. The zero-order chi connectivity index (χ0) is 29.1. The molecule has 41 heavy (non-hydrogen) atoms. The monoisotopic (exact) mass is 792 g/mol. The number of nitrogens with zero attached hydrogens (tertiary/aromatic N) is 2. The molecule has 4 aromatic rings. The van der Waals surface area contributed by atoms with Gasteiger partial charge in [-0.3, -0.25) is 9.36 Å². The van der Waals surface area contributed by atoms with Gasteiger partial charge in [0.15, 0.2) is 4.80 Å².